The average Bonchev–Trinajstić information content (AvgIpc) is 2.63. The summed E-state index contributed by atoms with van der Waals surface area (Å²) < 4.78 is 0. The Kier molecular flexibility index (Phi) is 8.98. The zero-order valence-corrected chi connectivity index (χ0v) is 17.1. The summed E-state index contributed by atoms with van der Waals surface area (Å²) in [7, 11) is 3.37. The van der Waals surface area contributed by atoms with Crippen molar-refractivity contribution in [1.29, 1.82) is 0 Å². The molecule has 0 saturated carbocycles. The molecule has 5 nitrogen and oxygen atoms in total. The summed E-state index contributed by atoms with van der Waals surface area (Å²) in [6, 6.07) is 15.9. The van der Waals surface area contributed by atoms with Gasteiger partial charge in [-0.05, 0) is 30.2 Å². The molecule has 6 heteroatoms. The summed E-state index contributed by atoms with van der Waals surface area (Å²) in [5.74, 6) is 0.639. The second-order valence-corrected chi connectivity index (χ2v) is 5.54. The van der Waals surface area contributed by atoms with Gasteiger partial charge >= 0.3 is 0 Å². The molecule has 2 aromatic carbocycles. The largest absolute Gasteiger partial charge is 0.355 e. The Hall–Kier alpha value is -2.09. The van der Waals surface area contributed by atoms with Crippen LogP contribution in [0.5, 0.6) is 0 Å². The van der Waals surface area contributed by atoms with Crippen LogP contribution < -0.4 is 16.0 Å². The van der Waals surface area contributed by atoms with E-state index in [0.717, 1.165) is 11.5 Å². The fourth-order valence-electron chi connectivity index (χ4n) is 2.26. The third kappa shape index (κ3) is 6.74. The molecule has 2 aromatic rings. The SMILES string of the molecule is CN=C(NCc1ccc(C)cc1)NCc1cccc(C(=O)NC)c1.I. The van der Waals surface area contributed by atoms with Crippen LogP contribution in [0.1, 0.15) is 27.0 Å². The van der Waals surface area contributed by atoms with Gasteiger partial charge in [-0.25, -0.2) is 0 Å². The molecule has 1 amide bonds. The molecule has 0 aliphatic rings. The van der Waals surface area contributed by atoms with E-state index in [2.05, 4.69) is 52.1 Å². The van der Waals surface area contributed by atoms with Crippen molar-refractivity contribution in [3.63, 3.8) is 0 Å². The predicted octanol–water partition coefficient (Wildman–Crippen LogP) is 2.84. The Labute approximate surface area is 166 Å². The predicted molar refractivity (Wildman–Crippen MR) is 113 cm³/mol. The van der Waals surface area contributed by atoms with Crippen LogP contribution in [0, 0.1) is 6.92 Å². The molecule has 0 saturated heterocycles. The molecule has 0 radical (unpaired) electrons. The van der Waals surface area contributed by atoms with Gasteiger partial charge in [0.1, 0.15) is 0 Å². The van der Waals surface area contributed by atoms with Crippen molar-refractivity contribution in [1.82, 2.24) is 16.0 Å². The summed E-state index contributed by atoms with van der Waals surface area (Å²) in [5.41, 5.74) is 4.12. The third-order valence-electron chi connectivity index (χ3n) is 3.68. The number of amides is 1. The highest BCUT2D eigenvalue weighted by atomic mass is 127. The van der Waals surface area contributed by atoms with Crippen molar-refractivity contribution in [2.24, 2.45) is 4.99 Å². The Morgan fingerprint density at radius 2 is 1.64 bits per heavy atom. The van der Waals surface area contributed by atoms with Crippen LogP contribution in [0.15, 0.2) is 53.5 Å². The van der Waals surface area contributed by atoms with Gasteiger partial charge < -0.3 is 16.0 Å². The number of nitrogens with zero attached hydrogens (tertiary/aromatic N) is 1. The fourth-order valence-corrected chi connectivity index (χ4v) is 2.26. The molecule has 0 aromatic heterocycles. The summed E-state index contributed by atoms with van der Waals surface area (Å²) in [4.78, 5) is 15.9. The lowest BCUT2D eigenvalue weighted by Gasteiger charge is -2.12. The van der Waals surface area contributed by atoms with Gasteiger partial charge in [-0.1, -0.05) is 42.0 Å². The van der Waals surface area contributed by atoms with Crippen molar-refractivity contribution >= 4 is 35.8 Å². The van der Waals surface area contributed by atoms with E-state index >= 15 is 0 Å². The average molecular weight is 452 g/mol. The zero-order valence-electron chi connectivity index (χ0n) is 14.8. The van der Waals surface area contributed by atoms with Crippen LogP contribution in [0.25, 0.3) is 0 Å². The lowest BCUT2D eigenvalue weighted by molar-refractivity contribution is 0.0963. The molecule has 25 heavy (non-hydrogen) atoms. The first-order chi connectivity index (χ1) is 11.6. The van der Waals surface area contributed by atoms with Crippen molar-refractivity contribution in [2.75, 3.05) is 14.1 Å². The smallest absolute Gasteiger partial charge is 0.251 e. The lowest BCUT2D eigenvalue weighted by atomic mass is 10.1. The molecule has 0 heterocycles. The minimum absolute atomic E-state index is 0. The number of carbonyl (C=O) groups excluding carboxylic acids is 1. The van der Waals surface area contributed by atoms with Crippen molar-refractivity contribution in [3.05, 3.63) is 70.8 Å². The molecule has 0 unspecified atom stereocenters. The second-order valence-electron chi connectivity index (χ2n) is 5.54. The zero-order chi connectivity index (χ0) is 17.4. The van der Waals surface area contributed by atoms with Crippen molar-refractivity contribution in [3.8, 4) is 0 Å². The van der Waals surface area contributed by atoms with Gasteiger partial charge in [0, 0.05) is 32.7 Å². The van der Waals surface area contributed by atoms with E-state index in [1.54, 1.807) is 20.2 Å². The molecule has 0 aliphatic carbocycles. The molecular weight excluding hydrogens is 427 g/mol. The van der Waals surface area contributed by atoms with Gasteiger partial charge in [0.05, 0.1) is 0 Å². The second kappa shape index (κ2) is 10.7. The highest BCUT2D eigenvalue weighted by molar-refractivity contribution is 14.0. The highest BCUT2D eigenvalue weighted by Gasteiger charge is 2.04. The van der Waals surface area contributed by atoms with E-state index in [1.807, 2.05) is 18.2 Å². The van der Waals surface area contributed by atoms with Gasteiger partial charge in [0.25, 0.3) is 5.91 Å². The number of rotatable bonds is 5. The van der Waals surface area contributed by atoms with Crippen molar-refractivity contribution in [2.45, 2.75) is 20.0 Å². The fraction of sp³-hybridized carbons (Fsp3) is 0.263. The first-order valence-corrected chi connectivity index (χ1v) is 7.93. The number of nitrogens with one attached hydrogen (secondary N) is 3. The summed E-state index contributed by atoms with van der Waals surface area (Å²) in [6.07, 6.45) is 0. The minimum atomic E-state index is -0.0845. The van der Waals surface area contributed by atoms with Crippen molar-refractivity contribution < 1.29 is 4.79 Å². The van der Waals surface area contributed by atoms with E-state index in [-0.39, 0.29) is 29.9 Å². The quantitative estimate of drug-likeness (QED) is 0.372. The molecule has 3 N–H and O–H groups in total. The number of aliphatic imine (C=N–C) groups is 1. The Morgan fingerprint density at radius 1 is 1.00 bits per heavy atom. The van der Waals surface area contributed by atoms with Gasteiger partial charge in [-0.3, -0.25) is 9.79 Å². The van der Waals surface area contributed by atoms with Crippen LogP contribution >= 0.6 is 24.0 Å². The van der Waals surface area contributed by atoms with E-state index in [4.69, 9.17) is 0 Å². The minimum Gasteiger partial charge on any atom is -0.355 e. The van der Waals surface area contributed by atoms with E-state index in [1.165, 1.54) is 11.1 Å². The van der Waals surface area contributed by atoms with E-state index in [9.17, 15) is 4.79 Å². The van der Waals surface area contributed by atoms with Gasteiger partial charge in [0.2, 0.25) is 0 Å². The summed E-state index contributed by atoms with van der Waals surface area (Å²) >= 11 is 0. The number of aryl methyl sites for hydroxylation is 1. The van der Waals surface area contributed by atoms with Crippen LogP contribution in [-0.4, -0.2) is 26.0 Å². The molecule has 0 spiro atoms. The standard InChI is InChI=1S/C19H24N4O.HI/c1-14-7-9-15(10-8-14)12-22-19(21-3)23-13-16-5-4-6-17(11-16)18(24)20-2;/h4-11H,12-13H2,1-3H3,(H,20,24)(H2,21,22,23);1H. The molecule has 134 valence electrons. The number of guanidine groups is 1. The molecule has 2 rings (SSSR count). The highest BCUT2D eigenvalue weighted by Crippen LogP contribution is 2.05. The molecular formula is C19H25IN4O. The Morgan fingerprint density at radius 3 is 2.24 bits per heavy atom. The maximum Gasteiger partial charge on any atom is 0.251 e. The topological polar surface area (TPSA) is 65.5 Å². The lowest BCUT2D eigenvalue weighted by Crippen LogP contribution is -2.36. The van der Waals surface area contributed by atoms with Gasteiger partial charge in [0.15, 0.2) is 5.96 Å². The van der Waals surface area contributed by atoms with Crippen LogP contribution in [0.2, 0.25) is 0 Å². The summed E-state index contributed by atoms with van der Waals surface area (Å²) in [5, 5.41) is 9.17. The number of hydrogen-bond acceptors (Lipinski definition) is 2. The maximum atomic E-state index is 11.7. The molecule has 0 bridgehead atoms. The number of hydrogen-bond donors (Lipinski definition) is 3. The van der Waals surface area contributed by atoms with Gasteiger partial charge in [-0.15, -0.1) is 24.0 Å². The van der Waals surface area contributed by atoms with Crippen LogP contribution in [0.3, 0.4) is 0 Å². The number of halogens is 1. The van der Waals surface area contributed by atoms with Gasteiger partial charge in [-0.2, -0.15) is 0 Å². The Balaban J connectivity index is 0.00000312. The Bertz CT molecular complexity index is 714. The molecule has 0 fully saturated rings. The third-order valence-corrected chi connectivity index (χ3v) is 3.68. The summed E-state index contributed by atoms with van der Waals surface area (Å²) in [6.45, 7) is 3.38. The monoisotopic (exact) mass is 452 g/mol. The van der Waals surface area contributed by atoms with E-state index < -0.39 is 0 Å². The maximum absolute atomic E-state index is 11.7. The first kappa shape index (κ1) is 21.0. The molecule has 0 atom stereocenters. The number of benzene rings is 2. The first-order valence-electron chi connectivity index (χ1n) is 7.93. The van der Waals surface area contributed by atoms with Crippen LogP contribution in [0.4, 0.5) is 0 Å². The van der Waals surface area contributed by atoms with E-state index in [0.29, 0.717) is 18.7 Å². The number of carbonyl (C=O) groups is 1. The van der Waals surface area contributed by atoms with Crippen LogP contribution in [-0.2, 0) is 13.1 Å². The normalized spacial score (nSPS) is 10.6. The molecule has 0 aliphatic heterocycles.